The van der Waals surface area contributed by atoms with Crippen LogP contribution in [-0.4, -0.2) is 0 Å². The predicted molar refractivity (Wildman–Crippen MR) is 31.0 cm³/mol. The Balaban J connectivity index is 2.76. The van der Waals surface area contributed by atoms with Crippen LogP contribution >= 0.6 is 11.3 Å². The van der Waals surface area contributed by atoms with Crippen molar-refractivity contribution in [3.63, 3.8) is 0 Å². The molecule has 0 aliphatic rings. The lowest BCUT2D eigenvalue weighted by Gasteiger charge is -1.79. The van der Waals surface area contributed by atoms with E-state index in [1.165, 1.54) is 4.88 Å². The third kappa shape index (κ3) is 1.01. The summed E-state index contributed by atoms with van der Waals surface area (Å²) in [6.45, 7) is 0.647. The minimum absolute atomic E-state index is 0.647. The molecule has 37 valence electrons. The maximum atomic E-state index is 5.28. The minimum atomic E-state index is 0.647. The molecule has 1 heterocycles. The molecule has 2 heteroatoms. The Bertz CT molecular complexity index is 123. The highest BCUT2D eigenvalue weighted by Crippen LogP contribution is 2.04. The fourth-order valence-corrected chi connectivity index (χ4v) is 0.897. The van der Waals surface area contributed by atoms with Gasteiger partial charge in [0.2, 0.25) is 0 Å². The second kappa shape index (κ2) is 2.09. The lowest BCUT2D eigenvalue weighted by molar-refractivity contribution is 1.11. The molecule has 0 unspecified atom stereocenters. The van der Waals surface area contributed by atoms with Crippen LogP contribution in [0.15, 0.2) is 11.4 Å². The molecule has 0 bridgehead atoms. The molecule has 1 nitrogen and oxygen atoms in total. The summed E-state index contributed by atoms with van der Waals surface area (Å²) in [7, 11) is 0. The van der Waals surface area contributed by atoms with Gasteiger partial charge in [-0.05, 0) is 17.5 Å². The van der Waals surface area contributed by atoms with Gasteiger partial charge in [-0.3, -0.25) is 0 Å². The molecule has 0 atom stereocenters. The molecule has 1 aromatic rings. The zero-order valence-electron chi connectivity index (χ0n) is 3.85. The van der Waals surface area contributed by atoms with Gasteiger partial charge in [-0.25, -0.2) is 0 Å². The minimum Gasteiger partial charge on any atom is -0.326 e. The van der Waals surface area contributed by atoms with Crippen molar-refractivity contribution in [3.05, 3.63) is 22.4 Å². The van der Waals surface area contributed by atoms with Crippen LogP contribution in [0.25, 0.3) is 0 Å². The smallest absolute Gasteiger partial charge is 0.0274 e. The van der Waals surface area contributed by atoms with Gasteiger partial charge in [0.25, 0.3) is 0 Å². The molecule has 0 spiro atoms. The molecule has 1 radical (unpaired) electrons. The van der Waals surface area contributed by atoms with E-state index in [1.54, 1.807) is 11.3 Å². The second-order valence-electron chi connectivity index (χ2n) is 1.22. The highest BCUT2D eigenvalue weighted by atomic mass is 32.1. The van der Waals surface area contributed by atoms with Gasteiger partial charge < -0.3 is 5.73 Å². The second-order valence-corrected chi connectivity index (χ2v) is 2.21. The maximum absolute atomic E-state index is 5.28. The Labute approximate surface area is 46.8 Å². The first-order valence-corrected chi connectivity index (χ1v) is 2.95. The summed E-state index contributed by atoms with van der Waals surface area (Å²) in [6, 6.07) is 4.83. The van der Waals surface area contributed by atoms with E-state index < -0.39 is 0 Å². The van der Waals surface area contributed by atoms with Crippen LogP contribution in [-0.2, 0) is 6.54 Å². The standard InChI is InChI=1S/C5H6NS/c6-4-5-2-1-3-7-5/h2-3H,4,6H2. The van der Waals surface area contributed by atoms with Crippen molar-refractivity contribution in [2.75, 3.05) is 0 Å². The average Bonchev–Trinajstić information content (AvgIpc) is 2.14. The third-order valence-corrected chi connectivity index (χ3v) is 1.57. The molecule has 2 N–H and O–H groups in total. The summed E-state index contributed by atoms with van der Waals surface area (Å²) in [4.78, 5) is 1.19. The monoisotopic (exact) mass is 112 g/mol. The van der Waals surface area contributed by atoms with Crippen LogP contribution in [0.2, 0.25) is 0 Å². The molecular formula is C5H6NS. The first kappa shape index (κ1) is 4.81. The van der Waals surface area contributed by atoms with Crippen LogP contribution in [0, 0.1) is 6.07 Å². The Morgan fingerprint density at radius 2 is 2.71 bits per heavy atom. The van der Waals surface area contributed by atoms with Crippen LogP contribution in [0.5, 0.6) is 0 Å². The highest BCUT2D eigenvalue weighted by Gasteiger charge is 1.83. The van der Waals surface area contributed by atoms with Gasteiger partial charge in [-0.1, -0.05) is 0 Å². The molecular weight excluding hydrogens is 106 g/mol. The number of rotatable bonds is 1. The summed E-state index contributed by atoms with van der Waals surface area (Å²) in [5, 5.41) is 1.90. The maximum Gasteiger partial charge on any atom is 0.0274 e. The normalized spacial score (nSPS) is 9.29. The van der Waals surface area contributed by atoms with Crippen LogP contribution in [0.3, 0.4) is 0 Å². The number of hydrogen-bond acceptors (Lipinski definition) is 2. The zero-order chi connectivity index (χ0) is 5.11. The van der Waals surface area contributed by atoms with Crippen molar-refractivity contribution >= 4 is 11.3 Å². The molecule has 0 amide bonds. The Morgan fingerprint density at radius 3 is 3.00 bits per heavy atom. The van der Waals surface area contributed by atoms with Crippen molar-refractivity contribution in [3.8, 4) is 0 Å². The van der Waals surface area contributed by atoms with Gasteiger partial charge in [-0.15, -0.1) is 11.3 Å². The Hall–Kier alpha value is -0.340. The van der Waals surface area contributed by atoms with E-state index in [2.05, 4.69) is 6.07 Å². The van der Waals surface area contributed by atoms with Gasteiger partial charge in [0.05, 0.1) is 0 Å². The number of thiophene rings is 1. The third-order valence-electron chi connectivity index (χ3n) is 0.724. The molecule has 1 rings (SSSR count). The van der Waals surface area contributed by atoms with E-state index in [0.29, 0.717) is 6.54 Å². The van der Waals surface area contributed by atoms with E-state index in [-0.39, 0.29) is 0 Å². The van der Waals surface area contributed by atoms with Gasteiger partial charge in [0, 0.05) is 11.4 Å². The fourth-order valence-electron chi connectivity index (χ4n) is 0.378. The van der Waals surface area contributed by atoms with Gasteiger partial charge >= 0.3 is 0 Å². The van der Waals surface area contributed by atoms with Crippen molar-refractivity contribution in [1.82, 2.24) is 0 Å². The first-order chi connectivity index (χ1) is 3.43. The molecule has 0 aromatic carbocycles. The van der Waals surface area contributed by atoms with E-state index in [9.17, 15) is 0 Å². The van der Waals surface area contributed by atoms with Crippen molar-refractivity contribution in [2.45, 2.75) is 6.54 Å². The van der Waals surface area contributed by atoms with Gasteiger partial charge in [0.1, 0.15) is 0 Å². The molecule has 0 aliphatic heterocycles. The first-order valence-electron chi connectivity index (χ1n) is 2.07. The van der Waals surface area contributed by atoms with E-state index >= 15 is 0 Å². The van der Waals surface area contributed by atoms with Gasteiger partial charge in [-0.2, -0.15) is 0 Å². The fraction of sp³-hybridized carbons (Fsp3) is 0.200. The zero-order valence-corrected chi connectivity index (χ0v) is 4.66. The largest absolute Gasteiger partial charge is 0.326 e. The van der Waals surface area contributed by atoms with Crippen LogP contribution in [0.4, 0.5) is 0 Å². The molecule has 1 aromatic heterocycles. The highest BCUT2D eigenvalue weighted by molar-refractivity contribution is 7.09. The van der Waals surface area contributed by atoms with E-state index in [1.807, 2.05) is 11.4 Å². The summed E-state index contributed by atoms with van der Waals surface area (Å²) in [6.07, 6.45) is 0. The lowest BCUT2D eigenvalue weighted by Crippen LogP contribution is -1.90. The Kier molecular flexibility index (Phi) is 1.44. The van der Waals surface area contributed by atoms with Crippen molar-refractivity contribution in [2.24, 2.45) is 5.73 Å². The number of nitrogens with two attached hydrogens (primary N) is 1. The molecule has 0 saturated carbocycles. The molecule has 0 aliphatic carbocycles. The predicted octanol–water partition coefficient (Wildman–Crippen LogP) is 1.01. The van der Waals surface area contributed by atoms with Gasteiger partial charge in [0.15, 0.2) is 0 Å². The molecule has 7 heavy (non-hydrogen) atoms. The molecule has 0 fully saturated rings. The van der Waals surface area contributed by atoms with Crippen molar-refractivity contribution in [1.29, 1.82) is 0 Å². The summed E-state index contributed by atoms with van der Waals surface area (Å²) in [5.74, 6) is 0. The average molecular weight is 112 g/mol. The topological polar surface area (TPSA) is 26.0 Å². The van der Waals surface area contributed by atoms with E-state index in [4.69, 9.17) is 5.73 Å². The Morgan fingerprint density at radius 1 is 1.86 bits per heavy atom. The summed E-state index contributed by atoms with van der Waals surface area (Å²) in [5.41, 5.74) is 5.28. The summed E-state index contributed by atoms with van der Waals surface area (Å²) < 4.78 is 0. The van der Waals surface area contributed by atoms with Crippen molar-refractivity contribution < 1.29 is 0 Å². The summed E-state index contributed by atoms with van der Waals surface area (Å²) >= 11 is 1.64. The lowest BCUT2D eigenvalue weighted by atomic mass is 10.5. The quantitative estimate of drug-likeness (QED) is 0.576. The van der Waals surface area contributed by atoms with Crippen LogP contribution in [0.1, 0.15) is 4.88 Å². The number of hydrogen-bond donors (Lipinski definition) is 1. The SMILES string of the molecule is NCc1c[c]cs1. The van der Waals surface area contributed by atoms with Crippen LogP contribution < -0.4 is 5.73 Å². The van der Waals surface area contributed by atoms with E-state index in [0.717, 1.165) is 0 Å². The molecule has 0 saturated heterocycles.